The number of hydrogen-bond donors (Lipinski definition) is 4. The number of aliphatic hydroxyl groups is 1. The highest BCUT2D eigenvalue weighted by atomic mass is 16.5. The van der Waals surface area contributed by atoms with Crippen molar-refractivity contribution in [1.29, 1.82) is 0 Å². The molecule has 0 aliphatic carbocycles. The summed E-state index contributed by atoms with van der Waals surface area (Å²) in [7, 11) is 0. The van der Waals surface area contributed by atoms with Crippen LogP contribution in [0.1, 0.15) is 72.6 Å². The number of pyridine rings is 1. The third-order valence-corrected chi connectivity index (χ3v) is 9.21. The third-order valence-electron chi connectivity index (χ3n) is 9.21. The van der Waals surface area contributed by atoms with Gasteiger partial charge >= 0.3 is 0 Å². The Morgan fingerprint density at radius 2 is 1.87 bits per heavy atom. The molecule has 0 saturated heterocycles. The normalized spacial score (nSPS) is 23.3. The number of anilines is 1. The molecule has 2 aromatic heterocycles. The summed E-state index contributed by atoms with van der Waals surface area (Å²) in [5, 5.41) is 19.8. The number of carbonyl (C=O) groups is 3. The van der Waals surface area contributed by atoms with Crippen LogP contribution in [-0.4, -0.2) is 51.5 Å². The van der Waals surface area contributed by atoms with E-state index in [-0.39, 0.29) is 29.8 Å². The minimum atomic E-state index is -1.28. The maximum Gasteiger partial charge on any atom is 0.249 e. The number of rotatable bonds is 6. The van der Waals surface area contributed by atoms with Gasteiger partial charge in [-0.2, -0.15) is 0 Å². The fraction of sp³-hybridized carbons (Fsp3) is 0.343. The Balaban J connectivity index is 1.46. The van der Waals surface area contributed by atoms with E-state index in [1.165, 1.54) is 0 Å². The van der Waals surface area contributed by atoms with Gasteiger partial charge in [0, 0.05) is 41.2 Å². The number of aldehydes is 1. The summed E-state index contributed by atoms with van der Waals surface area (Å²) in [6.45, 7) is 7.28. The maximum atomic E-state index is 13.8. The van der Waals surface area contributed by atoms with Crippen molar-refractivity contribution in [2.24, 2.45) is 11.8 Å². The van der Waals surface area contributed by atoms with E-state index >= 15 is 0 Å². The molecule has 2 amide bonds. The van der Waals surface area contributed by atoms with Crippen LogP contribution in [-0.2, 0) is 21.4 Å². The minimum Gasteiger partial charge on any atom is -0.469 e. The SMILES string of the molecule is CC(C)C(O)C(=O)N[C@H]1Cc2ccc3c(c2)C2(c4cccc(-c5ccncc5)c4NC2O3)c2oc(nc2C=O)[C@H](C(C)C)NC1=O. The third kappa shape index (κ3) is 4.48. The molecular formula is C35H35N5O6. The number of oxazole rings is 1. The van der Waals surface area contributed by atoms with Gasteiger partial charge in [0.15, 0.2) is 18.3 Å². The topological polar surface area (TPSA) is 156 Å². The number of aliphatic hydroxyl groups excluding tert-OH is 1. The summed E-state index contributed by atoms with van der Waals surface area (Å²) in [6, 6.07) is 13.7. The number of amides is 2. The monoisotopic (exact) mass is 621 g/mol. The second-order valence-corrected chi connectivity index (χ2v) is 12.8. The molecule has 5 heterocycles. The van der Waals surface area contributed by atoms with Crippen molar-refractivity contribution in [3.63, 3.8) is 0 Å². The molecule has 3 aliphatic rings. The molecular weight excluding hydrogens is 586 g/mol. The lowest BCUT2D eigenvalue weighted by molar-refractivity contribution is -0.135. The van der Waals surface area contributed by atoms with Crippen LogP contribution in [0.3, 0.4) is 0 Å². The average molecular weight is 622 g/mol. The molecule has 0 saturated carbocycles. The van der Waals surface area contributed by atoms with Gasteiger partial charge in [-0.05, 0) is 41.2 Å². The molecule has 3 aliphatic heterocycles. The summed E-state index contributed by atoms with van der Waals surface area (Å²) in [5.74, 6) is -0.547. The standard InChI is InChI=1S/C35H35N5O6/c1-17(2)27-33-38-25(16-41)30(46-33)35-22-7-5-6-21(20-10-12-36-13-11-20)28(22)40-34(35)45-26-9-8-19(14-23(26)35)15-24(31(43)39-27)37-32(44)29(42)18(3)4/h5-14,16-18,24,27,29,34,40,42H,15H2,1-4H3,(H,37,44)(H,39,43)/t24-,27-,29?,34?,35?/m0/s1. The maximum absolute atomic E-state index is 13.8. The van der Waals surface area contributed by atoms with Gasteiger partial charge in [0.1, 0.15) is 35.0 Å². The van der Waals surface area contributed by atoms with E-state index in [1.54, 1.807) is 26.2 Å². The zero-order valence-corrected chi connectivity index (χ0v) is 25.9. The van der Waals surface area contributed by atoms with Crippen molar-refractivity contribution in [3.8, 4) is 16.9 Å². The fourth-order valence-corrected chi connectivity index (χ4v) is 6.82. The van der Waals surface area contributed by atoms with Gasteiger partial charge in [-0.1, -0.05) is 58.0 Å². The Labute approximate surface area is 265 Å². The Morgan fingerprint density at radius 1 is 1.09 bits per heavy atom. The predicted molar refractivity (Wildman–Crippen MR) is 168 cm³/mol. The fourth-order valence-electron chi connectivity index (χ4n) is 6.82. The van der Waals surface area contributed by atoms with Gasteiger partial charge in [0.2, 0.25) is 17.7 Å². The number of aromatic nitrogens is 2. The Morgan fingerprint density at radius 3 is 2.59 bits per heavy atom. The second-order valence-electron chi connectivity index (χ2n) is 12.8. The molecule has 0 radical (unpaired) electrons. The number of benzene rings is 2. The van der Waals surface area contributed by atoms with E-state index in [9.17, 15) is 19.5 Å². The first kappa shape index (κ1) is 29.7. The van der Waals surface area contributed by atoms with Crippen molar-refractivity contribution in [3.05, 3.63) is 95.0 Å². The molecule has 4 N–H and O–H groups in total. The molecule has 0 fully saturated rings. The summed E-state index contributed by atoms with van der Waals surface area (Å²) >= 11 is 0. The number of para-hydroxylation sites is 1. The molecule has 3 unspecified atom stereocenters. The highest BCUT2D eigenvalue weighted by Crippen LogP contribution is 2.59. The summed E-state index contributed by atoms with van der Waals surface area (Å²) in [6.07, 6.45) is 2.33. The molecule has 4 aromatic rings. The summed E-state index contributed by atoms with van der Waals surface area (Å²) in [4.78, 5) is 48.4. The zero-order valence-electron chi connectivity index (χ0n) is 25.9. The molecule has 236 valence electrons. The number of carbonyl (C=O) groups excluding carboxylic acids is 3. The highest BCUT2D eigenvalue weighted by molar-refractivity contribution is 5.90. The number of nitrogens with one attached hydrogen (secondary N) is 3. The second kappa shape index (κ2) is 11.1. The molecule has 5 atom stereocenters. The molecule has 7 rings (SSSR count). The number of nitrogens with zero attached hydrogens (tertiary/aromatic N) is 2. The average Bonchev–Trinajstić information content (AvgIpc) is 3.71. The molecule has 46 heavy (non-hydrogen) atoms. The molecule has 2 aromatic carbocycles. The van der Waals surface area contributed by atoms with Gasteiger partial charge in [0.25, 0.3) is 0 Å². The lowest BCUT2D eigenvalue weighted by Gasteiger charge is -2.29. The first-order chi connectivity index (χ1) is 22.1. The first-order valence-electron chi connectivity index (χ1n) is 15.5. The lowest BCUT2D eigenvalue weighted by Crippen LogP contribution is -2.52. The van der Waals surface area contributed by atoms with Gasteiger partial charge < -0.3 is 30.2 Å². The van der Waals surface area contributed by atoms with Crippen molar-refractivity contribution in [1.82, 2.24) is 20.6 Å². The van der Waals surface area contributed by atoms with Crippen molar-refractivity contribution < 1.29 is 28.6 Å². The van der Waals surface area contributed by atoms with Crippen molar-refractivity contribution >= 4 is 23.8 Å². The smallest absolute Gasteiger partial charge is 0.249 e. The molecule has 1 spiro atoms. The van der Waals surface area contributed by atoms with Crippen LogP contribution in [0, 0.1) is 11.8 Å². The Bertz CT molecular complexity index is 1850. The molecule has 4 bridgehead atoms. The van der Waals surface area contributed by atoms with Crippen LogP contribution < -0.4 is 20.7 Å². The quantitative estimate of drug-likeness (QED) is 0.235. The van der Waals surface area contributed by atoms with Crippen LogP contribution >= 0.6 is 0 Å². The van der Waals surface area contributed by atoms with Gasteiger partial charge in [0.05, 0.1) is 0 Å². The zero-order chi connectivity index (χ0) is 32.3. The first-order valence-corrected chi connectivity index (χ1v) is 15.5. The Kier molecular flexibility index (Phi) is 7.16. The van der Waals surface area contributed by atoms with E-state index in [0.717, 1.165) is 33.5 Å². The molecule has 11 heteroatoms. The Hall–Kier alpha value is -5.03. The largest absolute Gasteiger partial charge is 0.469 e. The van der Waals surface area contributed by atoms with Crippen LogP contribution in [0.2, 0.25) is 0 Å². The predicted octanol–water partition coefficient (Wildman–Crippen LogP) is 3.90. The van der Waals surface area contributed by atoms with Crippen molar-refractivity contribution in [2.45, 2.75) is 63.9 Å². The van der Waals surface area contributed by atoms with E-state index in [2.05, 4.69) is 25.9 Å². The van der Waals surface area contributed by atoms with Crippen molar-refractivity contribution in [2.75, 3.05) is 5.32 Å². The minimum absolute atomic E-state index is 0.106. The van der Waals surface area contributed by atoms with E-state index in [1.807, 2.05) is 62.4 Å². The van der Waals surface area contributed by atoms with E-state index in [4.69, 9.17) is 9.15 Å². The van der Waals surface area contributed by atoms with Crippen LogP contribution in [0.5, 0.6) is 5.75 Å². The van der Waals surface area contributed by atoms with Crippen LogP contribution in [0.4, 0.5) is 5.69 Å². The van der Waals surface area contributed by atoms with Gasteiger partial charge in [-0.3, -0.25) is 19.4 Å². The molecule has 11 nitrogen and oxygen atoms in total. The highest BCUT2D eigenvalue weighted by Gasteiger charge is 2.61. The lowest BCUT2D eigenvalue weighted by atomic mass is 9.72. The van der Waals surface area contributed by atoms with Crippen LogP contribution in [0.25, 0.3) is 11.1 Å². The number of ether oxygens (including phenoxy) is 1. The van der Waals surface area contributed by atoms with Gasteiger partial charge in [-0.25, -0.2) is 4.98 Å². The van der Waals surface area contributed by atoms with E-state index in [0.29, 0.717) is 17.8 Å². The summed E-state index contributed by atoms with van der Waals surface area (Å²) < 4.78 is 13.2. The van der Waals surface area contributed by atoms with Gasteiger partial charge in [-0.15, -0.1) is 0 Å². The number of fused-ring (bicyclic) bond motifs is 4. The van der Waals surface area contributed by atoms with Crippen LogP contribution in [0.15, 0.2) is 65.3 Å². The van der Waals surface area contributed by atoms with E-state index < -0.39 is 41.6 Å². The summed E-state index contributed by atoms with van der Waals surface area (Å²) in [5.41, 5.74) is 4.05. The number of hydrogen-bond acceptors (Lipinski definition) is 9.